The van der Waals surface area contributed by atoms with Crippen molar-refractivity contribution in [1.29, 1.82) is 0 Å². The quantitative estimate of drug-likeness (QED) is 0.810. The molecule has 0 bridgehead atoms. The lowest BCUT2D eigenvalue weighted by Crippen LogP contribution is -2.14. The lowest BCUT2D eigenvalue weighted by Gasteiger charge is -2.18. The Morgan fingerprint density at radius 3 is 2.26 bits per heavy atom. The second-order valence-corrected chi connectivity index (χ2v) is 5.48. The smallest absolute Gasteiger partial charge is 0.0745 e. The molecule has 100 valence electrons. The SMILES string of the molecule is CSc1ccc(C(CO)Nc2ccc(Cl)cc2)cc1. The van der Waals surface area contributed by atoms with Gasteiger partial charge in [0.2, 0.25) is 0 Å². The molecular weight excluding hydrogens is 278 g/mol. The first kappa shape index (κ1) is 14.3. The average Bonchev–Trinajstić information content (AvgIpc) is 2.47. The molecule has 4 heteroatoms. The van der Waals surface area contributed by atoms with E-state index >= 15 is 0 Å². The van der Waals surface area contributed by atoms with Crippen LogP contribution in [0.2, 0.25) is 5.02 Å². The second kappa shape index (κ2) is 6.85. The lowest BCUT2D eigenvalue weighted by molar-refractivity contribution is 0.276. The number of halogens is 1. The summed E-state index contributed by atoms with van der Waals surface area (Å²) in [5.41, 5.74) is 2.01. The number of thioether (sulfide) groups is 1. The highest BCUT2D eigenvalue weighted by molar-refractivity contribution is 7.98. The summed E-state index contributed by atoms with van der Waals surface area (Å²) in [7, 11) is 0. The molecule has 0 aromatic heterocycles. The topological polar surface area (TPSA) is 32.3 Å². The van der Waals surface area contributed by atoms with Crippen molar-refractivity contribution in [1.82, 2.24) is 0 Å². The van der Waals surface area contributed by atoms with E-state index in [0.29, 0.717) is 5.02 Å². The van der Waals surface area contributed by atoms with Gasteiger partial charge in [-0.25, -0.2) is 0 Å². The molecule has 0 aliphatic heterocycles. The molecule has 2 aromatic rings. The minimum absolute atomic E-state index is 0.0429. The van der Waals surface area contributed by atoms with Crippen molar-refractivity contribution in [3.8, 4) is 0 Å². The summed E-state index contributed by atoms with van der Waals surface area (Å²) in [4.78, 5) is 1.21. The molecule has 0 amide bonds. The van der Waals surface area contributed by atoms with Crippen LogP contribution < -0.4 is 5.32 Å². The molecule has 0 aliphatic rings. The number of benzene rings is 2. The van der Waals surface area contributed by atoms with Crippen molar-refractivity contribution in [2.75, 3.05) is 18.2 Å². The predicted molar refractivity (Wildman–Crippen MR) is 83.1 cm³/mol. The van der Waals surface area contributed by atoms with Crippen molar-refractivity contribution in [3.63, 3.8) is 0 Å². The van der Waals surface area contributed by atoms with Crippen LogP contribution in [-0.4, -0.2) is 18.0 Å². The number of anilines is 1. The van der Waals surface area contributed by atoms with Crippen molar-refractivity contribution < 1.29 is 5.11 Å². The van der Waals surface area contributed by atoms with Crippen LogP contribution in [0.4, 0.5) is 5.69 Å². The monoisotopic (exact) mass is 293 g/mol. The van der Waals surface area contributed by atoms with E-state index in [0.717, 1.165) is 11.3 Å². The molecule has 0 aliphatic carbocycles. The summed E-state index contributed by atoms with van der Waals surface area (Å²) in [6.45, 7) is 0.0429. The minimum Gasteiger partial charge on any atom is -0.394 e. The largest absolute Gasteiger partial charge is 0.394 e. The van der Waals surface area contributed by atoms with Crippen LogP contribution in [0.3, 0.4) is 0 Å². The van der Waals surface area contributed by atoms with Crippen molar-refractivity contribution >= 4 is 29.1 Å². The maximum Gasteiger partial charge on any atom is 0.0745 e. The summed E-state index contributed by atoms with van der Waals surface area (Å²) in [5.74, 6) is 0. The second-order valence-electron chi connectivity index (χ2n) is 4.16. The Labute approximate surface area is 122 Å². The highest BCUT2D eigenvalue weighted by Gasteiger charge is 2.10. The Hall–Kier alpha value is -1.16. The molecule has 2 nitrogen and oxygen atoms in total. The van der Waals surface area contributed by atoms with E-state index in [9.17, 15) is 5.11 Å². The molecule has 0 heterocycles. The first-order valence-electron chi connectivity index (χ1n) is 6.00. The van der Waals surface area contributed by atoms with Gasteiger partial charge in [0.15, 0.2) is 0 Å². The van der Waals surface area contributed by atoms with E-state index in [-0.39, 0.29) is 12.6 Å². The first-order valence-corrected chi connectivity index (χ1v) is 7.60. The molecule has 0 saturated heterocycles. The zero-order chi connectivity index (χ0) is 13.7. The van der Waals surface area contributed by atoms with E-state index in [1.807, 2.05) is 42.7 Å². The van der Waals surface area contributed by atoms with Gasteiger partial charge in [-0.2, -0.15) is 0 Å². The van der Waals surface area contributed by atoms with Gasteiger partial charge >= 0.3 is 0 Å². The zero-order valence-electron chi connectivity index (χ0n) is 10.6. The Morgan fingerprint density at radius 2 is 1.74 bits per heavy atom. The van der Waals surface area contributed by atoms with Gasteiger partial charge in [0.25, 0.3) is 0 Å². The fraction of sp³-hybridized carbons (Fsp3) is 0.200. The third kappa shape index (κ3) is 3.90. The van der Waals surface area contributed by atoms with E-state index < -0.39 is 0 Å². The van der Waals surface area contributed by atoms with Crippen molar-refractivity contribution in [2.24, 2.45) is 0 Å². The van der Waals surface area contributed by atoms with E-state index in [2.05, 4.69) is 17.4 Å². The third-order valence-corrected chi connectivity index (χ3v) is 3.88. The number of nitrogens with one attached hydrogen (secondary N) is 1. The molecule has 0 radical (unpaired) electrons. The van der Waals surface area contributed by atoms with Gasteiger partial charge in [-0.05, 0) is 48.2 Å². The Balaban J connectivity index is 2.12. The van der Waals surface area contributed by atoms with Gasteiger partial charge in [0.1, 0.15) is 0 Å². The molecule has 2 rings (SSSR count). The summed E-state index contributed by atoms with van der Waals surface area (Å²) in [6, 6.07) is 15.5. The molecule has 1 atom stereocenters. The minimum atomic E-state index is -0.114. The molecule has 19 heavy (non-hydrogen) atoms. The number of aliphatic hydroxyl groups is 1. The van der Waals surface area contributed by atoms with Crippen LogP contribution in [0.25, 0.3) is 0 Å². The maximum absolute atomic E-state index is 9.53. The van der Waals surface area contributed by atoms with Crippen LogP contribution in [0, 0.1) is 0 Å². The third-order valence-electron chi connectivity index (χ3n) is 2.89. The molecule has 0 saturated carbocycles. The normalized spacial score (nSPS) is 12.2. The average molecular weight is 294 g/mol. The molecule has 0 spiro atoms. The molecule has 2 N–H and O–H groups in total. The van der Waals surface area contributed by atoms with Crippen molar-refractivity contribution in [3.05, 3.63) is 59.1 Å². The lowest BCUT2D eigenvalue weighted by atomic mass is 10.1. The Morgan fingerprint density at radius 1 is 1.11 bits per heavy atom. The highest BCUT2D eigenvalue weighted by atomic mass is 35.5. The molecular formula is C15H16ClNOS. The summed E-state index contributed by atoms with van der Waals surface area (Å²) < 4.78 is 0. The fourth-order valence-electron chi connectivity index (χ4n) is 1.82. The van der Waals surface area contributed by atoms with E-state index in [1.165, 1.54) is 4.90 Å². The van der Waals surface area contributed by atoms with Gasteiger partial charge < -0.3 is 10.4 Å². The Kier molecular flexibility index (Phi) is 5.14. The summed E-state index contributed by atoms with van der Waals surface area (Å²) >= 11 is 7.56. The molecule has 1 unspecified atom stereocenters. The summed E-state index contributed by atoms with van der Waals surface area (Å²) in [5, 5.41) is 13.5. The van der Waals surface area contributed by atoms with Gasteiger partial charge in [-0.3, -0.25) is 0 Å². The van der Waals surface area contributed by atoms with E-state index in [1.54, 1.807) is 11.8 Å². The standard InChI is InChI=1S/C15H16ClNOS/c1-19-14-8-2-11(3-9-14)15(10-18)17-13-6-4-12(16)5-7-13/h2-9,15,17-18H,10H2,1H3. The number of hydrogen-bond donors (Lipinski definition) is 2. The number of hydrogen-bond acceptors (Lipinski definition) is 3. The van der Waals surface area contributed by atoms with Gasteiger partial charge in [0, 0.05) is 15.6 Å². The number of rotatable bonds is 5. The van der Waals surface area contributed by atoms with E-state index in [4.69, 9.17) is 11.6 Å². The van der Waals surface area contributed by atoms with Crippen molar-refractivity contribution in [2.45, 2.75) is 10.9 Å². The number of aliphatic hydroxyl groups excluding tert-OH is 1. The fourth-order valence-corrected chi connectivity index (χ4v) is 2.35. The van der Waals surface area contributed by atoms with Crippen LogP contribution in [0.5, 0.6) is 0 Å². The van der Waals surface area contributed by atoms with Gasteiger partial charge in [0.05, 0.1) is 12.6 Å². The van der Waals surface area contributed by atoms with Crippen LogP contribution in [0.15, 0.2) is 53.4 Å². The van der Waals surface area contributed by atoms with Crippen LogP contribution in [0.1, 0.15) is 11.6 Å². The summed E-state index contributed by atoms with van der Waals surface area (Å²) in [6.07, 6.45) is 2.05. The molecule has 2 aromatic carbocycles. The van der Waals surface area contributed by atoms with Gasteiger partial charge in [-0.15, -0.1) is 11.8 Å². The molecule has 0 fully saturated rings. The highest BCUT2D eigenvalue weighted by Crippen LogP contribution is 2.23. The van der Waals surface area contributed by atoms with Crippen LogP contribution in [-0.2, 0) is 0 Å². The maximum atomic E-state index is 9.53. The van der Waals surface area contributed by atoms with Crippen LogP contribution >= 0.6 is 23.4 Å². The van der Waals surface area contributed by atoms with Gasteiger partial charge in [-0.1, -0.05) is 23.7 Å². The zero-order valence-corrected chi connectivity index (χ0v) is 12.2. The predicted octanol–water partition coefficient (Wildman–Crippen LogP) is 4.21. The Bertz CT molecular complexity index is 513. The first-order chi connectivity index (χ1) is 9.22.